The van der Waals surface area contributed by atoms with Crippen LogP contribution in [0.5, 0.6) is 0 Å². The maximum absolute atomic E-state index is 11.8. The molecule has 1 spiro atoms. The quantitative estimate of drug-likeness (QED) is 0.638. The van der Waals surface area contributed by atoms with Crippen molar-refractivity contribution in [2.75, 3.05) is 6.54 Å². The van der Waals surface area contributed by atoms with Crippen molar-refractivity contribution in [3.8, 4) is 6.07 Å². The third kappa shape index (κ3) is 1.88. The molecule has 1 amide bonds. The Morgan fingerprint density at radius 3 is 2.53 bits per heavy atom. The highest BCUT2D eigenvalue weighted by Crippen LogP contribution is 2.51. The summed E-state index contributed by atoms with van der Waals surface area (Å²) in [6.07, 6.45) is 0.378. The van der Waals surface area contributed by atoms with Crippen molar-refractivity contribution in [1.29, 1.82) is 5.26 Å². The van der Waals surface area contributed by atoms with E-state index in [1.165, 1.54) is 4.90 Å². The van der Waals surface area contributed by atoms with Crippen LogP contribution < -0.4 is 0 Å². The molecule has 1 heterocycles. The highest BCUT2D eigenvalue weighted by Gasteiger charge is 2.62. The molecular formula is C12H16N2O3. The van der Waals surface area contributed by atoms with Gasteiger partial charge in [-0.25, -0.2) is 4.79 Å². The van der Waals surface area contributed by atoms with E-state index in [9.17, 15) is 9.59 Å². The number of amides is 1. The molecule has 17 heavy (non-hydrogen) atoms. The smallest absolute Gasteiger partial charge is 0.411 e. The van der Waals surface area contributed by atoms with Crippen LogP contribution in [-0.4, -0.2) is 35.0 Å². The molecule has 1 aliphatic carbocycles. The van der Waals surface area contributed by atoms with Gasteiger partial charge in [0.05, 0.1) is 6.07 Å². The second-order valence-electron chi connectivity index (χ2n) is 5.89. The molecule has 0 aromatic rings. The van der Waals surface area contributed by atoms with Gasteiger partial charge < -0.3 is 4.74 Å². The number of nitrogens with zero attached hydrogens (tertiary/aromatic N) is 2. The monoisotopic (exact) mass is 236 g/mol. The van der Waals surface area contributed by atoms with E-state index in [1.807, 2.05) is 0 Å². The molecule has 0 N–H and O–H groups in total. The van der Waals surface area contributed by atoms with Crippen LogP contribution in [0.3, 0.4) is 0 Å². The summed E-state index contributed by atoms with van der Waals surface area (Å²) >= 11 is 0. The van der Waals surface area contributed by atoms with Gasteiger partial charge in [0.1, 0.15) is 17.4 Å². The number of nitriles is 1. The average molecular weight is 236 g/mol. The molecule has 92 valence electrons. The first-order chi connectivity index (χ1) is 7.77. The molecule has 1 saturated carbocycles. The second kappa shape index (κ2) is 3.46. The summed E-state index contributed by atoms with van der Waals surface area (Å²) in [7, 11) is 0. The number of ketones is 1. The fourth-order valence-corrected chi connectivity index (χ4v) is 2.47. The summed E-state index contributed by atoms with van der Waals surface area (Å²) in [5.74, 6) is 0.175. The Labute approximate surface area is 100 Å². The molecule has 0 radical (unpaired) electrons. The molecular weight excluding hydrogens is 220 g/mol. The highest BCUT2D eigenvalue weighted by atomic mass is 16.6. The maximum Gasteiger partial charge on any atom is 0.411 e. The van der Waals surface area contributed by atoms with Crippen LogP contribution in [0.4, 0.5) is 4.79 Å². The molecule has 5 heteroatoms. The Balaban J connectivity index is 2.00. The van der Waals surface area contributed by atoms with Crippen LogP contribution in [0.2, 0.25) is 0 Å². The van der Waals surface area contributed by atoms with Crippen LogP contribution in [-0.2, 0) is 9.53 Å². The summed E-state index contributed by atoms with van der Waals surface area (Å²) in [5.41, 5.74) is -0.835. The first-order valence-electron chi connectivity index (χ1n) is 5.68. The Hall–Kier alpha value is -1.57. The van der Waals surface area contributed by atoms with E-state index in [0.717, 1.165) is 0 Å². The summed E-state index contributed by atoms with van der Waals surface area (Å²) in [4.78, 5) is 24.2. The van der Waals surface area contributed by atoms with Crippen molar-refractivity contribution < 1.29 is 14.3 Å². The van der Waals surface area contributed by atoms with Crippen molar-refractivity contribution in [2.24, 2.45) is 5.41 Å². The zero-order valence-corrected chi connectivity index (χ0v) is 10.3. The van der Waals surface area contributed by atoms with Gasteiger partial charge >= 0.3 is 6.09 Å². The highest BCUT2D eigenvalue weighted by molar-refractivity contribution is 5.88. The lowest BCUT2D eigenvalue weighted by Gasteiger charge is -2.57. The lowest BCUT2D eigenvalue weighted by Crippen LogP contribution is -2.70. The van der Waals surface area contributed by atoms with Crippen LogP contribution in [0.25, 0.3) is 0 Å². The Kier molecular flexibility index (Phi) is 2.42. The van der Waals surface area contributed by atoms with Gasteiger partial charge in [-0.05, 0) is 20.8 Å². The Bertz CT molecular complexity index is 408. The lowest BCUT2D eigenvalue weighted by molar-refractivity contribution is -0.151. The topological polar surface area (TPSA) is 70.4 Å². The molecule has 2 rings (SSSR count). The average Bonchev–Trinajstić information content (AvgIpc) is 2.07. The first kappa shape index (κ1) is 11.9. The van der Waals surface area contributed by atoms with Gasteiger partial charge in [-0.15, -0.1) is 0 Å². The van der Waals surface area contributed by atoms with Gasteiger partial charge in [0.25, 0.3) is 0 Å². The summed E-state index contributed by atoms with van der Waals surface area (Å²) in [6, 6.07) is 1.60. The van der Waals surface area contributed by atoms with E-state index in [4.69, 9.17) is 10.00 Å². The van der Waals surface area contributed by atoms with Crippen LogP contribution in [0.15, 0.2) is 0 Å². The first-order valence-corrected chi connectivity index (χ1v) is 5.68. The van der Waals surface area contributed by atoms with E-state index < -0.39 is 17.7 Å². The van der Waals surface area contributed by atoms with Crippen LogP contribution in [0.1, 0.15) is 33.6 Å². The van der Waals surface area contributed by atoms with Crippen LogP contribution >= 0.6 is 0 Å². The summed E-state index contributed by atoms with van der Waals surface area (Å²) < 4.78 is 5.21. The zero-order chi connectivity index (χ0) is 12.8. The van der Waals surface area contributed by atoms with Gasteiger partial charge in [-0.3, -0.25) is 9.69 Å². The number of carbonyl (C=O) groups is 2. The molecule has 1 unspecified atom stereocenters. The number of hydrogen-bond donors (Lipinski definition) is 0. The largest absolute Gasteiger partial charge is 0.444 e. The van der Waals surface area contributed by atoms with Gasteiger partial charge in [0.15, 0.2) is 0 Å². The molecule has 1 saturated heterocycles. The van der Waals surface area contributed by atoms with E-state index in [1.54, 1.807) is 20.8 Å². The summed E-state index contributed by atoms with van der Waals surface area (Å²) in [6.45, 7) is 5.82. The molecule has 0 aromatic carbocycles. The number of Topliss-reactive ketones (excluding diaryl/α,β-unsaturated/α-hetero) is 1. The van der Waals surface area contributed by atoms with E-state index >= 15 is 0 Å². The number of hydrogen-bond acceptors (Lipinski definition) is 4. The maximum atomic E-state index is 11.8. The van der Waals surface area contributed by atoms with E-state index in [2.05, 4.69) is 6.07 Å². The fourth-order valence-electron chi connectivity index (χ4n) is 2.47. The van der Waals surface area contributed by atoms with Crippen molar-refractivity contribution in [1.82, 2.24) is 4.90 Å². The third-order valence-electron chi connectivity index (χ3n) is 3.23. The second-order valence-corrected chi connectivity index (χ2v) is 5.89. The minimum absolute atomic E-state index is 0.175. The Morgan fingerprint density at radius 2 is 2.12 bits per heavy atom. The molecule has 0 bridgehead atoms. The Morgan fingerprint density at radius 1 is 1.53 bits per heavy atom. The molecule has 1 atom stereocenters. The molecule has 2 aliphatic rings. The minimum Gasteiger partial charge on any atom is -0.444 e. The minimum atomic E-state index is -0.560. The van der Waals surface area contributed by atoms with Crippen molar-refractivity contribution >= 4 is 11.9 Å². The molecule has 5 nitrogen and oxygen atoms in total. The van der Waals surface area contributed by atoms with E-state index in [-0.39, 0.29) is 11.2 Å². The standard InChI is InChI=1S/C12H16N2O3/c1-11(2,3)17-10(16)14-7-12(9(14)6-13)4-8(15)5-12/h9H,4-5,7H2,1-3H3. The van der Waals surface area contributed by atoms with Crippen molar-refractivity contribution in [3.05, 3.63) is 0 Å². The number of likely N-dealkylation sites (tertiary alicyclic amines) is 1. The van der Waals surface area contributed by atoms with Gasteiger partial charge in [0, 0.05) is 24.8 Å². The molecule has 2 fully saturated rings. The van der Waals surface area contributed by atoms with Gasteiger partial charge in [-0.1, -0.05) is 0 Å². The van der Waals surface area contributed by atoms with Gasteiger partial charge in [0.2, 0.25) is 0 Å². The number of ether oxygens (including phenoxy) is 1. The SMILES string of the molecule is CC(C)(C)OC(=O)N1CC2(CC(=O)C2)C1C#N. The predicted molar refractivity (Wildman–Crippen MR) is 59.0 cm³/mol. The normalized spacial score (nSPS) is 25.9. The van der Waals surface area contributed by atoms with Crippen molar-refractivity contribution in [3.63, 3.8) is 0 Å². The summed E-state index contributed by atoms with van der Waals surface area (Å²) in [5, 5.41) is 9.08. The number of carbonyl (C=O) groups excluding carboxylic acids is 2. The van der Waals surface area contributed by atoms with E-state index in [0.29, 0.717) is 19.4 Å². The molecule has 1 aliphatic heterocycles. The molecule has 0 aromatic heterocycles. The zero-order valence-electron chi connectivity index (χ0n) is 10.3. The van der Waals surface area contributed by atoms with Crippen molar-refractivity contribution in [2.45, 2.75) is 45.3 Å². The van der Waals surface area contributed by atoms with Gasteiger partial charge in [-0.2, -0.15) is 5.26 Å². The fraction of sp³-hybridized carbons (Fsp3) is 0.750. The predicted octanol–water partition coefficient (Wildman–Crippen LogP) is 1.48. The third-order valence-corrected chi connectivity index (χ3v) is 3.23. The lowest BCUT2D eigenvalue weighted by atomic mass is 9.58. The van der Waals surface area contributed by atoms with Crippen LogP contribution in [0, 0.1) is 16.7 Å². The number of rotatable bonds is 0.